The molecule has 14 heteroatoms. The van der Waals surface area contributed by atoms with E-state index in [1.807, 2.05) is 0 Å². The highest BCUT2D eigenvalue weighted by atomic mass is 35.5. The lowest BCUT2D eigenvalue weighted by atomic mass is 9.94. The summed E-state index contributed by atoms with van der Waals surface area (Å²) < 4.78 is 12.3. The van der Waals surface area contributed by atoms with E-state index in [1.165, 1.54) is 10.9 Å². The lowest BCUT2D eigenvalue weighted by Crippen LogP contribution is -2.52. The number of aliphatic hydroxyl groups excluding tert-OH is 2. The average Bonchev–Trinajstić information content (AvgIpc) is 3.27. The zero-order valence-corrected chi connectivity index (χ0v) is 19.3. The number of carboxylic acids is 2. The van der Waals surface area contributed by atoms with Gasteiger partial charge in [-0.25, -0.2) is 14.6 Å². The number of aliphatic hydroxyl groups is 2. The number of anilines is 1. The lowest BCUT2D eigenvalue weighted by Gasteiger charge is -2.30. The Morgan fingerprint density at radius 3 is 2.47 bits per heavy atom. The second-order valence-electron chi connectivity index (χ2n) is 7.56. The van der Waals surface area contributed by atoms with E-state index in [0.717, 1.165) is 0 Å². The van der Waals surface area contributed by atoms with Crippen LogP contribution in [0.2, 0.25) is 5.28 Å². The number of terminal acetylenes is 1. The second kappa shape index (κ2) is 11.3. The molecule has 0 radical (unpaired) electrons. The molecule has 6 N–H and O–H groups in total. The molecule has 1 aromatic carbocycles. The number of hydrogen-bond donors (Lipinski definition) is 5. The van der Waals surface area contributed by atoms with Gasteiger partial charge < -0.3 is 35.6 Å². The van der Waals surface area contributed by atoms with Gasteiger partial charge in [-0.3, -0.25) is 4.57 Å². The van der Waals surface area contributed by atoms with Gasteiger partial charge in [-0.05, 0) is 17.2 Å². The van der Waals surface area contributed by atoms with Gasteiger partial charge in [0.25, 0.3) is 5.60 Å². The summed E-state index contributed by atoms with van der Waals surface area (Å²) in [5.41, 5.74) is 3.69. The maximum atomic E-state index is 12.0. The highest BCUT2D eigenvalue weighted by molar-refractivity contribution is 6.28. The molecule has 0 amide bonds. The largest absolute Gasteiger partial charge is 0.479 e. The number of aliphatic carboxylic acids is 2. The van der Waals surface area contributed by atoms with Gasteiger partial charge in [0.05, 0.1) is 19.5 Å². The lowest BCUT2D eigenvalue weighted by molar-refractivity contribution is -0.195. The van der Waals surface area contributed by atoms with Crippen molar-refractivity contribution in [3.05, 3.63) is 47.5 Å². The Hall–Kier alpha value is -3.80. The van der Waals surface area contributed by atoms with Crippen molar-refractivity contribution >= 4 is 40.5 Å². The number of nitrogen functional groups attached to an aromatic ring is 1. The number of imidazole rings is 1. The van der Waals surface area contributed by atoms with Crippen molar-refractivity contribution in [1.82, 2.24) is 19.5 Å². The quantitative estimate of drug-likeness (QED) is 0.123. The number of ether oxygens (including phenoxy) is 2. The number of nitrogens with two attached hydrogens (primary N) is 1. The van der Waals surface area contributed by atoms with Crippen LogP contribution in [0, 0.1) is 12.3 Å². The van der Waals surface area contributed by atoms with Gasteiger partial charge in [-0.1, -0.05) is 36.3 Å². The first-order chi connectivity index (χ1) is 17.1. The number of carbonyl (C=O) groups is 2. The molecule has 190 valence electrons. The van der Waals surface area contributed by atoms with Crippen LogP contribution in [-0.4, -0.2) is 82.9 Å². The summed E-state index contributed by atoms with van der Waals surface area (Å²) in [5.74, 6) is -1.47. The Morgan fingerprint density at radius 1 is 1.22 bits per heavy atom. The Morgan fingerprint density at radius 2 is 1.89 bits per heavy atom. The van der Waals surface area contributed by atoms with Crippen LogP contribution in [0.4, 0.5) is 5.82 Å². The molecule has 3 rings (SSSR count). The molecular formula is C22H22ClN5O8. The Labute approximate surface area is 209 Å². The SMILES string of the molecule is C#C[C@@H](O)[C@@H](O[C@@H](CO)COC(Cc1ccccc1)(C(=O)O)C(=O)O)n1cnc2c(N)nc(Cl)nc21. The van der Waals surface area contributed by atoms with E-state index in [-0.39, 0.29) is 22.3 Å². The van der Waals surface area contributed by atoms with Crippen LogP contribution in [0.3, 0.4) is 0 Å². The smallest absolute Gasteiger partial charge is 0.348 e. The molecular weight excluding hydrogens is 498 g/mol. The molecule has 2 heterocycles. The molecule has 0 bridgehead atoms. The van der Waals surface area contributed by atoms with Crippen molar-refractivity contribution in [3.63, 3.8) is 0 Å². The van der Waals surface area contributed by atoms with E-state index in [2.05, 4.69) is 20.9 Å². The first-order valence-electron chi connectivity index (χ1n) is 10.3. The normalized spacial score (nSPS) is 14.2. The molecule has 0 fully saturated rings. The molecule has 0 spiro atoms. The fourth-order valence-corrected chi connectivity index (χ4v) is 3.51. The zero-order chi connectivity index (χ0) is 26.5. The number of fused-ring (bicyclic) bond motifs is 1. The van der Waals surface area contributed by atoms with Crippen LogP contribution < -0.4 is 5.73 Å². The molecule has 2 aromatic heterocycles. The Bertz CT molecular complexity index is 1260. The fraction of sp³-hybridized carbons (Fsp3) is 0.318. The third-order valence-corrected chi connectivity index (χ3v) is 5.34. The average molecular weight is 520 g/mol. The number of hydrogen-bond acceptors (Lipinski definition) is 10. The molecule has 36 heavy (non-hydrogen) atoms. The van der Waals surface area contributed by atoms with Crippen molar-refractivity contribution in [3.8, 4) is 12.3 Å². The van der Waals surface area contributed by atoms with Crippen molar-refractivity contribution < 1.29 is 39.5 Å². The number of benzene rings is 1. The third kappa shape index (κ3) is 5.54. The van der Waals surface area contributed by atoms with E-state index in [4.69, 9.17) is 33.2 Å². The fourth-order valence-electron chi connectivity index (χ4n) is 3.34. The van der Waals surface area contributed by atoms with E-state index in [0.29, 0.717) is 5.56 Å². The Kier molecular flexibility index (Phi) is 8.41. The summed E-state index contributed by atoms with van der Waals surface area (Å²) in [6, 6.07) is 8.02. The number of nitrogens with zero attached hydrogens (tertiary/aromatic N) is 4. The van der Waals surface area contributed by atoms with Crippen LogP contribution in [0.25, 0.3) is 11.2 Å². The predicted octanol–water partition coefficient (Wildman–Crippen LogP) is 0.0994. The molecule has 0 saturated carbocycles. The van der Waals surface area contributed by atoms with Crippen LogP contribution in [-0.2, 0) is 25.5 Å². The first-order valence-corrected chi connectivity index (χ1v) is 10.7. The van der Waals surface area contributed by atoms with Crippen LogP contribution in [0.5, 0.6) is 0 Å². The molecule has 0 unspecified atom stereocenters. The highest BCUT2D eigenvalue weighted by Crippen LogP contribution is 2.26. The standard InChI is InChI=1S/C22H22ClN5O8/c1-2-14(30)18(28-11-25-15-16(24)26-21(23)27-17(15)28)36-13(9-29)10-35-22(19(31)32,20(33)34)8-12-6-4-3-5-7-12/h1,3-7,11,13-14,18,29-30H,8-10H2,(H,31,32)(H,33,34)(H2,24,26,27)/t13-,14+,18+/m0/s1. The first kappa shape index (κ1) is 26.8. The predicted molar refractivity (Wildman–Crippen MR) is 125 cm³/mol. The van der Waals surface area contributed by atoms with Gasteiger partial charge >= 0.3 is 11.9 Å². The number of rotatable bonds is 12. The van der Waals surface area contributed by atoms with Gasteiger partial charge in [0.2, 0.25) is 5.28 Å². The van der Waals surface area contributed by atoms with Gasteiger partial charge in [0.15, 0.2) is 23.8 Å². The summed E-state index contributed by atoms with van der Waals surface area (Å²) in [7, 11) is 0. The third-order valence-electron chi connectivity index (χ3n) is 5.17. The van der Waals surface area contributed by atoms with Gasteiger partial charge in [-0.15, -0.1) is 6.42 Å². The minimum Gasteiger partial charge on any atom is -0.479 e. The van der Waals surface area contributed by atoms with Gasteiger partial charge in [0.1, 0.15) is 11.6 Å². The molecule has 13 nitrogen and oxygen atoms in total. The van der Waals surface area contributed by atoms with Gasteiger partial charge in [-0.2, -0.15) is 9.97 Å². The molecule has 0 aliphatic rings. The molecule has 3 atom stereocenters. The van der Waals surface area contributed by atoms with Crippen molar-refractivity contribution in [2.75, 3.05) is 18.9 Å². The zero-order valence-electron chi connectivity index (χ0n) is 18.6. The van der Waals surface area contributed by atoms with E-state index in [1.54, 1.807) is 30.3 Å². The maximum absolute atomic E-state index is 12.0. The number of carboxylic acid groups (broad SMARTS) is 2. The monoisotopic (exact) mass is 519 g/mol. The van der Waals surface area contributed by atoms with E-state index in [9.17, 15) is 30.0 Å². The van der Waals surface area contributed by atoms with Crippen LogP contribution in [0.1, 0.15) is 11.8 Å². The highest BCUT2D eigenvalue weighted by Gasteiger charge is 2.49. The summed E-state index contributed by atoms with van der Waals surface area (Å²) in [6.45, 7) is -1.45. The van der Waals surface area contributed by atoms with E-state index >= 15 is 0 Å². The molecule has 0 saturated heterocycles. The molecule has 0 aliphatic heterocycles. The Balaban J connectivity index is 1.89. The van der Waals surface area contributed by atoms with Crippen molar-refractivity contribution in [2.45, 2.75) is 30.5 Å². The second-order valence-corrected chi connectivity index (χ2v) is 7.89. The summed E-state index contributed by atoms with van der Waals surface area (Å²) in [5, 5.41) is 39.5. The number of aromatic nitrogens is 4. The van der Waals surface area contributed by atoms with Crippen LogP contribution >= 0.6 is 11.6 Å². The van der Waals surface area contributed by atoms with E-state index < -0.39 is 55.6 Å². The van der Waals surface area contributed by atoms with Crippen molar-refractivity contribution in [2.24, 2.45) is 0 Å². The molecule has 0 aliphatic carbocycles. The van der Waals surface area contributed by atoms with Crippen molar-refractivity contribution in [1.29, 1.82) is 0 Å². The summed E-state index contributed by atoms with van der Waals surface area (Å²) >= 11 is 5.87. The number of halogens is 1. The minimum absolute atomic E-state index is 0.0478. The summed E-state index contributed by atoms with van der Waals surface area (Å²) in [4.78, 5) is 35.9. The van der Waals surface area contributed by atoms with Gasteiger partial charge in [0, 0.05) is 6.42 Å². The van der Waals surface area contributed by atoms with Crippen LogP contribution in [0.15, 0.2) is 36.7 Å². The topological polar surface area (TPSA) is 203 Å². The maximum Gasteiger partial charge on any atom is 0.348 e. The summed E-state index contributed by atoms with van der Waals surface area (Å²) in [6.07, 6.45) is 1.68. The minimum atomic E-state index is -2.69. The molecule has 3 aromatic rings.